The minimum atomic E-state index is -0.333. The predicted molar refractivity (Wildman–Crippen MR) is 102 cm³/mol. The predicted octanol–water partition coefficient (Wildman–Crippen LogP) is 5.27. The first-order chi connectivity index (χ1) is 11.9. The Morgan fingerprint density at radius 1 is 1.28 bits per heavy atom. The molecule has 1 N–H and O–H groups in total. The molecule has 0 unspecified atom stereocenters. The largest absolute Gasteiger partial charge is 0.459 e. The number of hydrogen-bond donors (Lipinski definition) is 1. The van der Waals surface area contributed by atoms with E-state index in [1.165, 1.54) is 17.7 Å². The number of anilines is 2. The maximum absolute atomic E-state index is 12.3. The van der Waals surface area contributed by atoms with E-state index in [4.69, 9.17) is 16.3 Å². The maximum atomic E-state index is 12.3. The highest BCUT2D eigenvalue weighted by Gasteiger charge is 2.21. The van der Waals surface area contributed by atoms with Gasteiger partial charge >= 0.3 is 5.97 Å². The summed E-state index contributed by atoms with van der Waals surface area (Å²) in [7, 11) is 0. The average molecular weight is 376 g/mol. The Labute approximate surface area is 155 Å². The van der Waals surface area contributed by atoms with Crippen molar-refractivity contribution in [2.75, 3.05) is 5.32 Å². The lowest BCUT2D eigenvalue weighted by Gasteiger charge is -2.10. The molecule has 3 rings (SSSR count). The first kappa shape index (κ1) is 17.6. The van der Waals surface area contributed by atoms with Crippen LogP contribution in [0.3, 0.4) is 0 Å². The quantitative estimate of drug-likeness (QED) is 0.629. The van der Waals surface area contributed by atoms with Crippen LogP contribution < -0.4 is 5.32 Å². The highest BCUT2D eigenvalue weighted by atomic mass is 35.5. The summed E-state index contributed by atoms with van der Waals surface area (Å²) < 4.78 is 5.33. The Hall–Kier alpha value is -2.18. The Balaban J connectivity index is 2.06. The van der Waals surface area contributed by atoms with E-state index in [-0.39, 0.29) is 12.1 Å². The Bertz CT molecular complexity index is 953. The molecule has 0 aliphatic rings. The number of nitrogens with one attached hydrogen (secondary N) is 1. The highest BCUT2D eigenvalue weighted by Crippen LogP contribution is 2.35. The number of hydrogen-bond acceptors (Lipinski definition) is 6. The van der Waals surface area contributed by atoms with Gasteiger partial charge in [0.15, 0.2) is 0 Å². The molecule has 0 aliphatic carbocycles. The van der Waals surface area contributed by atoms with E-state index < -0.39 is 0 Å². The summed E-state index contributed by atoms with van der Waals surface area (Å²) in [6.45, 7) is 7.53. The van der Waals surface area contributed by atoms with Gasteiger partial charge in [-0.1, -0.05) is 17.7 Å². The molecule has 25 heavy (non-hydrogen) atoms. The molecule has 7 heteroatoms. The fraction of sp³-hybridized carbons (Fsp3) is 0.278. The first-order valence-electron chi connectivity index (χ1n) is 7.85. The zero-order chi connectivity index (χ0) is 18.1. The molecule has 130 valence electrons. The molecule has 1 aromatic carbocycles. The fourth-order valence-corrected chi connectivity index (χ4v) is 3.69. The molecule has 3 aromatic rings. The van der Waals surface area contributed by atoms with Crippen LogP contribution in [0.5, 0.6) is 0 Å². The summed E-state index contributed by atoms with van der Waals surface area (Å²) >= 11 is 7.41. The number of nitrogens with zero attached hydrogens (tertiary/aromatic N) is 2. The van der Waals surface area contributed by atoms with Gasteiger partial charge in [-0.25, -0.2) is 14.8 Å². The lowest BCUT2D eigenvalue weighted by Crippen LogP contribution is -2.11. The van der Waals surface area contributed by atoms with Gasteiger partial charge in [-0.15, -0.1) is 11.3 Å². The molecule has 0 amide bonds. The van der Waals surface area contributed by atoms with Gasteiger partial charge in [-0.2, -0.15) is 0 Å². The van der Waals surface area contributed by atoms with Crippen LogP contribution in [0.15, 0.2) is 24.5 Å². The Morgan fingerprint density at radius 3 is 2.76 bits per heavy atom. The number of aromatic nitrogens is 2. The average Bonchev–Trinajstić information content (AvgIpc) is 2.88. The molecule has 0 spiro atoms. The molecule has 0 bridgehead atoms. The van der Waals surface area contributed by atoms with Crippen LogP contribution in [0.2, 0.25) is 5.02 Å². The number of carbonyl (C=O) groups excluding carboxylic acids is 1. The van der Waals surface area contributed by atoms with Crippen LogP contribution in [0.25, 0.3) is 10.2 Å². The number of benzene rings is 1. The topological polar surface area (TPSA) is 64.1 Å². The maximum Gasteiger partial charge on any atom is 0.348 e. The van der Waals surface area contributed by atoms with Crippen molar-refractivity contribution in [3.8, 4) is 0 Å². The smallest absolute Gasteiger partial charge is 0.348 e. The van der Waals surface area contributed by atoms with E-state index in [0.717, 1.165) is 27.0 Å². The molecule has 5 nitrogen and oxygen atoms in total. The van der Waals surface area contributed by atoms with Gasteiger partial charge in [-0.05, 0) is 51.0 Å². The van der Waals surface area contributed by atoms with Crippen molar-refractivity contribution in [1.29, 1.82) is 0 Å². The van der Waals surface area contributed by atoms with Crippen LogP contribution in [-0.4, -0.2) is 22.0 Å². The van der Waals surface area contributed by atoms with E-state index in [2.05, 4.69) is 15.3 Å². The first-order valence-corrected chi connectivity index (χ1v) is 9.04. The van der Waals surface area contributed by atoms with Gasteiger partial charge in [0.05, 0.1) is 11.5 Å². The van der Waals surface area contributed by atoms with Crippen LogP contribution in [0, 0.1) is 13.8 Å². The second kappa shape index (κ2) is 6.98. The molecular formula is C18H18ClN3O2S. The van der Waals surface area contributed by atoms with Crippen molar-refractivity contribution in [2.45, 2.75) is 33.8 Å². The molecule has 0 saturated heterocycles. The van der Waals surface area contributed by atoms with E-state index >= 15 is 0 Å². The van der Waals surface area contributed by atoms with Crippen molar-refractivity contribution in [3.63, 3.8) is 0 Å². The van der Waals surface area contributed by atoms with E-state index in [1.807, 2.05) is 45.9 Å². The minimum Gasteiger partial charge on any atom is -0.459 e. The van der Waals surface area contributed by atoms with Gasteiger partial charge in [0.1, 0.15) is 21.9 Å². The Morgan fingerprint density at radius 2 is 2.04 bits per heavy atom. The zero-order valence-electron chi connectivity index (χ0n) is 14.4. The number of fused-ring (bicyclic) bond motifs is 1. The van der Waals surface area contributed by atoms with Gasteiger partial charge in [0.25, 0.3) is 0 Å². The lowest BCUT2D eigenvalue weighted by atomic mass is 10.1. The van der Waals surface area contributed by atoms with E-state index in [1.54, 1.807) is 0 Å². The van der Waals surface area contributed by atoms with Crippen LogP contribution in [-0.2, 0) is 4.74 Å². The molecule has 0 aliphatic heterocycles. The number of esters is 1. The molecule has 0 radical (unpaired) electrons. The minimum absolute atomic E-state index is 0.171. The summed E-state index contributed by atoms with van der Waals surface area (Å²) in [6.07, 6.45) is 1.31. The third-order valence-corrected chi connectivity index (χ3v) is 5.12. The summed E-state index contributed by atoms with van der Waals surface area (Å²) in [5, 5.41) is 4.77. The molecule has 2 heterocycles. The summed E-state index contributed by atoms with van der Waals surface area (Å²) in [5.74, 6) is 0.313. The molecule has 0 saturated carbocycles. The number of thiophene rings is 1. The molecule has 0 fully saturated rings. The van der Waals surface area contributed by atoms with Gasteiger partial charge in [0.2, 0.25) is 0 Å². The van der Waals surface area contributed by atoms with Crippen molar-refractivity contribution in [2.24, 2.45) is 0 Å². The standard InChI is InChI=1S/C18H18ClN3O2S/c1-9(2)24-18(23)15-11(4)14-16(20-8-21-17(14)25-15)22-13-7-12(19)6-5-10(13)3/h5-9H,1-4H3,(H,20,21,22). The van der Waals surface area contributed by atoms with Crippen molar-refractivity contribution in [1.82, 2.24) is 9.97 Å². The second-order valence-electron chi connectivity index (χ2n) is 6.00. The van der Waals surface area contributed by atoms with Crippen molar-refractivity contribution in [3.05, 3.63) is 45.6 Å². The lowest BCUT2D eigenvalue weighted by molar-refractivity contribution is 0.0383. The number of halogens is 1. The normalized spacial score (nSPS) is 11.1. The van der Waals surface area contributed by atoms with Gasteiger partial charge in [-0.3, -0.25) is 0 Å². The summed E-state index contributed by atoms with van der Waals surface area (Å²) in [6, 6.07) is 5.63. The number of ether oxygens (including phenoxy) is 1. The van der Waals surface area contributed by atoms with Crippen LogP contribution in [0.4, 0.5) is 11.5 Å². The molecule has 0 atom stereocenters. The molecule has 2 aromatic heterocycles. The van der Waals surface area contributed by atoms with Gasteiger partial charge < -0.3 is 10.1 Å². The van der Waals surface area contributed by atoms with Gasteiger partial charge in [0, 0.05) is 10.7 Å². The number of rotatable bonds is 4. The third-order valence-electron chi connectivity index (χ3n) is 3.71. The second-order valence-corrected chi connectivity index (χ2v) is 7.43. The van der Waals surface area contributed by atoms with Crippen LogP contribution >= 0.6 is 22.9 Å². The van der Waals surface area contributed by atoms with Crippen molar-refractivity contribution < 1.29 is 9.53 Å². The monoisotopic (exact) mass is 375 g/mol. The summed E-state index contributed by atoms with van der Waals surface area (Å²) in [4.78, 5) is 22.3. The van der Waals surface area contributed by atoms with Crippen LogP contribution in [0.1, 0.15) is 34.6 Å². The third kappa shape index (κ3) is 3.60. The fourth-order valence-electron chi connectivity index (χ4n) is 2.49. The SMILES string of the molecule is Cc1ccc(Cl)cc1Nc1ncnc2sc(C(=O)OC(C)C)c(C)c12. The zero-order valence-corrected chi connectivity index (χ0v) is 16.0. The Kier molecular flexibility index (Phi) is 4.92. The number of carbonyl (C=O) groups is 1. The highest BCUT2D eigenvalue weighted by molar-refractivity contribution is 7.20. The van der Waals surface area contributed by atoms with E-state index in [0.29, 0.717) is 15.7 Å². The molecular weight excluding hydrogens is 358 g/mol. The summed E-state index contributed by atoms with van der Waals surface area (Å²) in [5.41, 5.74) is 2.72. The van der Waals surface area contributed by atoms with Crippen molar-refractivity contribution >= 4 is 50.6 Å². The van der Waals surface area contributed by atoms with E-state index in [9.17, 15) is 4.79 Å². The number of aryl methyl sites for hydroxylation is 2.